The number of methoxy groups -OCH3 is 2. The van der Waals surface area contributed by atoms with E-state index in [1.54, 1.807) is 20.3 Å². The number of fused-ring (bicyclic) bond motifs is 1. The molecule has 0 fully saturated rings. The van der Waals surface area contributed by atoms with Crippen molar-refractivity contribution in [3.63, 3.8) is 0 Å². The average Bonchev–Trinajstić information content (AvgIpc) is 3.12. The molecule has 0 spiro atoms. The van der Waals surface area contributed by atoms with Crippen LogP contribution in [-0.2, 0) is 6.61 Å². The van der Waals surface area contributed by atoms with Gasteiger partial charge < -0.3 is 14.2 Å². The lowest BCUT2D eigenvalue weighted by atomic mass is 10.1. The normalized spacial score (nSPS) is 10.8. The van der Waals surface area contributed by atoms with Crippen molar-refractivity contribution in [2.75, 3.05) is 14.2 Å². The number of hydrogen-bond donors (Lipinski definition) is 1. The molecule has 0 aliphatic rings. The van der Waals surface area contributed by atoms with Gasteiger partial charge in [-0.05, 0) is 23.7 Å². The monoisotopic (exact) mass is 393 g/mol. The lowest BCUT2D eigenvalue weighted by Crippen LogP contribution is -2.06. The molecule has 6 nitrogen and oxygen atoms in total. The standard InChI is InChI=1S/C21H19N3O3S/c1-25-16-10-15(11-17(12-16)26-2)24-20(22-23-21(24)28)13-27-19-9-5-7-14-6-3-4-8-18(14)19/h3-12H,13H2,1-2H3,(H,23,28). The first-order chi connectivity index (χ1) is 13.7. The second kappa shape index (κ2) is 7.74. The van der Waals surface area contributed by atoms with Crippen LogP contribution in [0.4, 0.5) is 0 Å². The zero-order valence-electron chi connectivity index (χ0n) is 15.5. The van der Waals surface area contributed by atoms with Gasteiger partial charge in [-0.3, -0.25) is 9.67 Å². The third kappa shape index (κ3) is 3.44. The Labute approximate surface area is 167 Å². The fourth-order valence-electron chi connectivity index (χ4n) is 3.08. The van der Waals surface area contributed by atoms with Gasteiger partial charge in [0.25, 0.3) is 0 Å². The minimum Gasteiger partial charge on any atom is -0.497 e. The molecular formula is C21H19N3O3S. The van der Waals surface area contributed by atoms with Crippen LogP contribution in [0.1, 0.15) is 5.82 Å². The summed E-state index contributed by atoms with van der Waals surface area (Å²) >= 11 is 5.43. The van der Waals surface area contributed by atoms with Crippen molar-refractivity contribution in [1.29, 1.82) is 0 Å². The van der Waals surface area contributed by atoms with Gasteiger partial charge in [-0.25, -0.2) is 0 Å². The van der Waals surface area contributed by atoms with Gasteiger partial charge in [0.05, 0.1) is 19.9 Å². The molecule has 0 radical (unpaired) electrons. The van der Waals surface area contributed by atoms with Gasteiger partial charge in [-0.2, -0.15) is 5.10 Å². The van der Waals surface area contributed by atoms with Gasteiger partial charge in [-0.15, -0.1) is 0 Å². The van der Waals surface area contributed by atoms with Gasteiger partial charge in [0.15, 0.2) is 10.6 Å². The summed E-state index contributed by atoms with van der Waals surface area (Å²) in [5.41, 5.74) is 0.784. The molecule has 142 valence electrons. The zero-order chi connectivity index (χ0) is 19.5. The van der Waals surface area contributed by atoms with E-state index in [0.29, 0.717) is 22.1 Å². The Kier molecular flexibility index (Phi) is 4.99. The summed E-state index contributed by atoms with van der Waals surface area (Å²) in [5, 5.41) is 9.35. The molecule has 0 atom stereocenters. The van der Waals surface area contributed by atoms with Crippen molar-refractivity contribution in [2.45, 2.75) is 6.61 Å². The Morgan fingerprint density at radius 1 is 0.964 bits per heavy atom. The lowest BCUT2D eigenvalue weighted by Gasteiger charge is -2.12. The summed E-state index contributed by atoms with van der Waals surface area (Å²) in [5.74, 6) is 2.77. The number of ether oxygens (including phenoxy) is 3. The number of aromatic nitrogens is 3. The summed E-state index contributed by atoms with van der Waals surface area (Å²) in [7, 11) is 3.22. The van der Waals surface area contributed by atoms with Gasteiger partial charge in [-0.1, -0.05) is 36.4 Å². The maximum Gasteiger partial charge on any atom is 0.199 e. The molecule has 1 heterocycles. The summed E-state index contributed by atoms with van der Waals surface area (Å²) in [6, 6.07) is 19.6. The van der Waals surface area contributed by atoms with Crippen LogP contribution in [0.25, 0.3) is 16.5 Å². The number of rotatable bonds is 6. The van der Waals surface area contributed by atoms with Crippen molar-refractivity contribution in [1.82, 2.24) is 14.8 Å². The van der Waals surface area contributed by atoms with Crippen LogP contribution < -0.4 is 14.2 Å². The minimum absolute atomic E-state index is 0.251. The van der Waals surface area contributed by atoms with Crippen LogP contribution in [0.3, 0.4) is 0 Å². The number of H-pyrrole nitrogens is 1. The fraction of sp³-hybridized carbons (Fsp3) is 0.143. The second-order valence-corrected chi connectivity index (χ2v) is 6.50. The highest BCUT2D eigenvalue weighted by Crippen LogP contribution is 2.28. The first-order valence-corrected chi connectivity index (χ1v) is 9.10. The molecule has 0 unspecified atom stereocenters. The van der Waals surface area contributed by atoms with Gasteiger partial charge in [0, 0.05) is 23.6 Å². The summed E-state index contributed by atoms with van der Waals surface area (Å²) in [6.45, 7) is 0.251. The maximum atomic E-state index is 6.08. The van der Waals surface area contributed by atoms with Crippen molar-refractivity contribution in [3.8, 4) is 22.9 Å². The Balaban J connectivity index is 1.69. The number of aromatic amines is 1. The highest BCUT2D eigenvalue weighted by atomic mass is 32.1. The van der Waals surface area contributed by atoms with E-state index in [2.05, 4.69) is 22.3 Å². The van der Waals surface area contributed by atoms with E-state index in [0.717, 1.165) is 22.2 Å². The topological polar surface area (TPSA) is 61.3 Å². The smallest absolute Gasteiger partial charge is 0.199 e. The van der Waals surface area contributed by atoms with E-state index in [9.17, 15) is 0 Å². The van der Waals surface area contributed by atoms with E-state index >= 15 is 0 Å². The lowest BCUT2D eigenvalue weighted by molar-refractivity contribution is 0.297. The predicted octanol–water partition coefficient (Wildman–Crippen LogP) is 4.68. The summed E-state index contributed by atoms with van der Waals surface area (Å²) in [6.07, 6.45) is 0. The zero-order valence-corrected chi connectivity index (χ0v) is 16.3. The quantitative estimate of drug-likeness (QED) is 0.482. The largest absolute Gasteiger partial charge is 0.497 e. The molecule has 1 aromatic heterocycles. The number of benzene rings is 3. The van der Waals surface area contributed by atoms with E-state index in [4.69, 9.17) is 26.4 Å². The van der Waals surface area contributed by atoms with E-state index in [1.807, 2.05) is 47.0 Å². The van der Waals surface area contributed by atoms with Crippen molar-refractivity contribution < 1.29 is 14.2 Å². The van der Waals surface area contributed by atoms with Crippen LogP contribution in [0.15, 0.2) is 60.7 Å². The van der Waals surface area contributed by atoms with Crippen molar-refractivity contribution in [3.05, 3.63) is 71.3 Å². The Morgan fingerprint density at radius 2 is 1.68 bits per heavy atom. The van der Waals surface area contributed by atoms with Crippen LogP contribution in [-0.4, -0.2) is 29.0 Å². The molecule has 0 bridgehead atoms. The van der Waals surface area contributed by atoms with Crippen LogP contribution >= 0.6 is 12.2 Å². The first-order valence-electron chi connectivity index (χ1n) is 8.70. The highest BCUT2D eigenvalue weighted by molar-refractivity contribution is 7.71. The number of nitrogens with one attached hydrogen (secondary N) is 1. The Hall–Kier alpha value is -3.32. The molecule has 28 heavy (non-hydrogen) atoms. The van der Waals surface area contributed by atoms with Crippen LogP contribution in [0.2, 0.25) is 0 Å². The Bertz CT molecular complexity index is 1160. The maximum absolute atomic E-state index is 6.08. The average molecular weight is 393 g/mol. The highest BCUT2D eigenvalue weighted by Gasteiger charge is 2.13. The van der Waals surface area contributed by atoms with Crippen molar-refractivity contribution >= 4 is 23.0 Å². The molecule has 0 aliphatic heterocycles. The van der Waals surface area contributed by atoms with E-state index in [1.165, 1.54) is 0 Å². The summed E-state index contributed by atoms with van der Waals surface area (Å²) in [4.78, 5) is 0. The van der Waals surface area contributed by atoms with Gasteiger partial charge in [0.2, 0.25) is 0 Å². The molecule has 4 rings (SSSR count). The number of hydrogen-bond acceptors (Lipinski definition) is 5. The van der Waals surface area contributed by atoms with Gasteiger partial charge in [0.1, 0.15) is 23.9 Å². The van der Waals surface area contributed by atoms with Gasteiger partial charge >= 0.3 is 0 Å². The molecule has 0 saturated heterocycles. The summed E-state index contributed by atoms with van der Waals surface area (Å²) < 4.78 is 19.1. The molecular weight excluding hydrogens is 374 g/mol. The Morgan fingerprint density at radius 3 is 2.43 bits per heavy atom. The third-order valence-electron chi connectivity index (χ3n) is 4.44. The fourth-order valence-corrected chi connectivity index (χ4v) is 3.33. The molecule has 7 heteroatoms. The van der Waals surface area contributed by atoms with Crippen molar-refractivity contribution in [2.24, 2.45) is 0 Å². The molecule has 0 aliphatic carbocycles. The number of nitrogens with zero attached hydrogens (tertiary/aromatic N) is 2. The first kappa shape index (κ1) is 18.1. The molecule has 0 saturated carbocycles. The third-order valence-corrected chi connectivity index (χ3v) is 4.72. The predicted molar refractivity (Wildman–Crippen MR) is 110 cm³/mol. The SMILES string of the molecule is COc1cc(OC)cc(-n2c(COc3cccc4ccccc34)n[nH]c2=S)c1. The second-order valence-electron chi connectivity index (χ2n) is 6.12. The van der Waals surface area contributed by atoms with E-state index < -0.39 is 0 Å². The van der Waals surface area contributed by atoms with E-state index in [-0.39, 0.29) is 6.61 Å². The molecule has 0 amide bonds. The van der Waals surface area contributed by atoms with Crippen LogP contribution in [0.5, 0.6) is 17.2 Å². The minimum atomic E-state index is 0.251. The van der Waals surface area contributed by atoms with Crippen LogP contribution in [0, 0.1) is 4.77 Å². The molecule has 3 aromatic carbocycles. The molecule has 4 aromatic rings. The molecule has 1 N–H and O–H groups in total.